The smallest absolute Gasteiger partial charge is 0.328 e. The molecule has 6 aromatic rings. The van der Waals surface area contributed by atoms with Gasteiger partial charge in [0.05, 0.1) is 52.2 Å². The summed E-state index contributed by atoms with van der Waals surface area (Å²) in [6.07, 6.45) is 7.99. The highest BCUT2D eigenvalue weighted by atomic mass is 19.1. The fourth-order valence-corrected chi connectivity index (χ4v) is 5.72. The van der Waals surface area contributed by atoms with Crippen molar-refractivity contribution in [3.05, 3.63) is 65.5 Å². The standard InChI is InChI=1S/C28H28FN9O/c1-16-6-7-37(16)24-9-18(8-23-26(24)36(5)28(39)35(23)4)38-22-11-20(29)19(17-12-31-34(3)14-17)10-21(22)32-27(38)25-13-30-15-33(25)2/h8-16H,6-7H2,1-5H3/t16-/m1/s1. The van der Waals surface area contributed by atoms with Crippen molar-refractivity contribution in [3.8, 4) is 28.3 Å². The molecule has 1 atom stereocenters. The fourth-order valence-electron chi connectivity index (χ4n) is 5.72. The first kappa shape index (κ1) is 23.4. The van der Waals surface area contributed by atoms with E-state index in [0.717, 1.165) is 41.1 Å². The van der Waals surface area contributed by atoms with E-state index in [1.54, 1.807) is 65.9 Å². The number of aryl methyl sites for hydroxylation is 4. The third-order valence-corrected chi connectivity index (χ3v) is 8.02. The third-order valence-electron chi connectivity index (χ3n) is 8.02. The Morgan fingerprint density at radius 3 is 2.46 bits per heavy atom. The summed E-state index contributed by atoms with van der Waals surface area (Å²) < 4.78 is 24.6. The first-order valence-electron chi connectivity index (χ1n) is 12.9. The number of benzene rings is 2. The summed E-state index contributed by atoms with van der Waals surface area (Å²) in [7, 11) is 7.30. The van der Waals surface area contributed by atoms with Crippen LogP contribution < -0.4 is 10.6 Å². The van der Waals surface area contributed by atoms with Gasteiger partial charge in [-0.25, -0.2) is 19.2 Å². The van der Waals surface area contributed by atoms with Crippen LogP contribution in [0.5, 0.6) is 0 Å². The highest BCUT2D eigenvalue weighted by molar-refractivity contribution is 5.94. The predicted octanol–water partition coefficient (Wildman–Crippen LogP) is 3.75. The molecule has 0 N–H and O–H groups in total. The molecule has 0 saturated carbocycles. The Bertz CT molecular complexity index is 1990. The highest BCUT2D eigenvalue weighted by Gasteiger charge is 2.29. The highest BCUT2D eigenvalue weighted by Crippen LogP contribution is 2.38. The van der Waals surface area contributed by atoms with Crippen LogP contribution in [0.3, 0.4) is 0 Å². The summed E-state index contributed by atoms with van der Waals surface area (Å²) in [5.74, 6) is 0.272. The maximum atomic E-state index is 15.7. The fraction of sp³-hybridized carbons (Fsp3) is 0.286. The van der Waals surface area contributed by atoms with Crippen molar-refractivity contribution in [1.29, 1.82) is 0 Å². The van der Waals surface area contributed by atoms with Crippen LogP contribution in [0.4, 0.5) is 10.1 Å². The Balaban J connectivity index is 1.56. The van der Waals surface area contributed by atoms with Crippen LogP contribution in [0, 0.1) is 5.82 Å². The van der Waals surface area contributed by atoms with Gasteiger partial charge in [-0.3, -0.25) is 18.4 Å². The normalized spacial score (nSPS) is 15.5. The molecule has 1 aliphatic heterocycles. The number of fused-ring (bicyclic) bond motifs is 2. The number of nitrogens with zero attached hydrogens (tertiary/aromatic N) is 9. The van der Waals surface area contributed by atoms with Crippen molar-refractivity contribution in [2.75, 3.05) is 11.4 Å². The molecule has 11 heteroatoms. The van der Waals surface area contributed by atoms with E-state index in [9.17, 15) is 4.79 Å². The maximum absolute atomic E-state index is 15.7. The van der Waals surface area contributed by atoms with Gasteiger partial charge in [0.2, 0.25) is 0 Å². The minimum absolute atomic E-state index is 0.0916. The van der Waals surface area contributed by atoms with Gasteiger partial charge in [0.15, 0.2) is 5.82 Å². The Hall–Kier alpha value is -4.67. The summed E-state index contributed by atoms with van der Waals surface area (Å²) in [5.41, 5.74) is 6.55. The second-order valence-electron chi connectivity index (χ2n) is 10.4. The average molecular weight is 526 g/mol. The first-order chi connectivity index (χ1) is 18.7. The number of rotatable bonds is 4. The van der Waals surface area contributed by atoms with E-state index >= 15 is 4.39 Å². The molecule has 2 aromatic carbocycles. The van der Waals surface area contributed by atoms with Crippen molar-refractivity contribution in [3.63, 3.8) is 0 Å². The molecule has 1 saturated heterocycles. The second-order valence-corrected chi connectivity index (χ2v) is 10.4. The van der Waals surface area contributed by atoms with Gasteiger partial charge < -0.3 is 9.47 Å². The number of hydrogen-bond donors (Lipinski definition) is 0. The van der Waals surface area contributed by atoms with Gasteiger partial charge in [-0.15, -0.1) is 0 Å². The Kier molecular flexibility index (Phi) is 4.91. The van der Waals surface area contributed by atoms with E-state index in [1.807, 2.05) is 22.2 Å². The lowest BCUT2D eigenvalue weighted by atomic mass is 10.0. The molecule has 0 bridgehead atoms. The van der Waals surface area contributed by atoms with Crippen molar-refractivity contribution >= 4 is 27.8 Å². The maximum Gasteiger partial charge on any atom is 0.328 e. The molecule has 0 unspecified atom stereocenters. The summed E-state index contributed by atoms with van der Waals surface area (Å²) >= 11 is 0. The zero-order valence-corrected chi connectivity index (χ0v) is 22.4. The molecule has 1 fully saturated rings. The summed E-state index contributed by atoms with van der Waals surface area (Å²) in [6.45, 7) is 3.09. The third kappa shape index (κ3) is 3.32. The molecule has 0 amide bonds. The summed E-state index contributed by atoms with van der Waals surface area (Å²) in [5, 5.41) is 4.21. The topological polar surface area (TPSA) is 83.6 Å². The van der Waals surface area contributed by atoms with E-state index in [1.165, 1.54) is 6.07 Å². The van der Waals surface area contributed by atoms with Gasteiger partial charge in [-0.2, -0.15) is 5.10 Å². The molecule has 5 heterocycles. The van der Waals surface area contributed by atoms with Crippen LogP contribution in [0.1, 0.15) is 13.3 Å². The largest absolute Gasteiger partial charge is 0.367 e. The number of hydrogen-bond acceptors (Lipinski definition) is 5. The lowest BCUT2D eigenvalue weighted by Gasteiger charge is -2.41. The predicted molar refractivity (Wildman–Crippen MR) is 149 cm³/mol. The van der Waals surface area contributed by atoms with Gasteiger partial charge in [0.1, 0.15) is 11.5 Å². The molecule has 1 aliphatic rings. The minimum Gasteiger partial charge on any atom is -0.367 e. The van der Waals surface area contributed by atoms with Crippen molar-refractivity contribution < 1.29 is 4.39 Å². The van der Waals surface area contributed by atoms with Crippen LogP contribution in [0.25, 0.3) is 50.4 Å². The number of halogens is 1. The molecule has 0 aliphatic carbocycles. The van der Waals surface area contributed by atoms with Gasteiger partial charge in [-0.1, -0.05) is 0 Å². The van der Waals surface area contributed by atoms with Gasteiger partial charge in [0.25, 0.3) is 0 Å². The van der Waals surface area contributed by atoms with Crippen LogP contribution in [-0.4, -0.2) is 50.6 Å². The van der Waals surface area contributed by atoms with Gasteiger partial charge in [-0.05, 0) is 31.5 Å². The van der Waals surface area contributed by atoms with Crippen LogP contribution in [0.15, 0.2) is 54.0 Å². The van der Waals surface area contributed by atoms with Crippen LogP contribution in [0.2, 0.25) is 0 Å². The van der Waals surface area contributed by atoms with E-state index in [0.29, 0.717) is 34.0 Å². The van der Waals surface area contributed by atoms with Crippen molar-refractivity contribution in [2.45, 2.75) is 19.4 Å². The van der Waals surface area contributed by atoms with E-state index in [2.05, 4.69) is 28.0 Å². The molecular formula is C28H28FN9O. The van der Waals surface area contributed by atoms with Crippen LogP contribution >= 0.6 is 0 Å². The minimum atomic E-state index is -0.363. The van der Waals surface area contributed by atoms with Crippen LogP contribution in [-0.2, 0) is 28.2 Å². The van der Waals surface area contributed by atoms with Crippen molar-refractivity contribution in [1.82, 2.24) is 38.0 Å². The van der Waals surface area contributed by atoms with E-state index < -0.39 is 0 Å². The quantitative estimate of drug-likeness (QED) is 0.350. The molecule has 10 nitrogen and oxygen atoms in total. The van der Waals surface area contributed by atoms with Gasteiger partial charge >= 0.3 is 5.69 Å². The van der Waals surface area contributed by atoms with Crippen molar-refractivity contribution in [2.24, 2.45) is 28.2 Å². The van der Waals surface area contributed by atoms with E-state index in [4.69, 9.17) is 4.98 Å². The molecule has 39 heavy (non-hydrogen) atoms. The molecule has 7 rings (SSSR count). The van der Waals surface area contributed by atoms with Gasteiger partial charge in [0, 0.05) is 64.2 Å². The van der Waals surface area contributed by atoms with E-state index in [-0.39, 0.29) is 11.5 Å². The number of aromatic nitrogens is 8. The second kappa shape index (κ2) is 8.16. The summed E-state index contributed by atoms with van der Waals surface area (Å²) in [4.78, 5) is 24.6. The average Bonchev–Trinajstić information content (AvgIpc) is 3.66. The molecule has 4 aromatic heterocycles. The number of imidazole rings is 3. The summed E-state index contributed by atoms with van der Waals surface area (Å²) in [6, 6.07) is 7.73. The zero-order chi connectivity index (χ0) is 27.2. The Morgan fingerprint density at radius 1 is 1.00 bits per heavy atom. The first-order valence-corrected chi connectivity index (χ1v) is 12.9. The lowest BCUT2D eigenvalue weighted by Crippen LogP contribution is -2.46. The molecule has 198 valence electrons. The Morgan fingerprint density at radius 2 is 1.82 bits per heavy atom. The monoisotopic (exact) mass is 525 g/mol. The number of anilines is 1. The SMILES string of the molecule is C[C@@H]1CCN1c1cc(-n2c(-c3cncn3C)nc3cc(-c4cnn(C)c4)c(F)cc32)cc2c1n(C)c(=O)n2C. The molecule has 0 spiro atoms. The molecule has 0 radical (unpaired) electrons. The Labute approximate surface area is 223 Å². The molecular weight excluding hydrogens is 497 g/mol. The lowest BCUT2D eigenvalue weighted by molar-refractivity contribution is 0.482. The zero-order valence-electron chi connectivity index (χ0n) is 22.4.